The number of thioether (sulfide) groups is 1. The number of nitrogens with two attached hydrogens (primary N) is 1. The van der Waals surface area contributed by atoms with Gasteiger partial charge in [-0.25, -0.2) is 0 Å². The van der Waals surface area contributed by atoms with Crippen molar-refractivity contribution >= 4 is 41.4 Å². The predicted molar refractivity (Wildman–Crippen MR) is 91.9 cm³/mol. The van der Waals surface area contributed by atoms with E-state index in [1.807, 2.05) is 22.6 Å². The van der Waals surface area contributed by atoms with Crippen LogP contribution in [-0.2, 0) is 4.74 Å². The number of likely N-dealkylation sites (tertiary alicyclic amines) is 1. The zero-order valence-corrected chi connectivity index (χ0v) is 14.7. The summed E-state index contributed by atoms with van der Waals surface area (Å²) in [6.45, 7) is 2.99. The van der Waals surface area contributed by atoms with E-state index in [2.05, 4.69) is 0 Å². The fourth-order valence-electron chi connectivity index (χ4n) is 2.32. The highest BCUT2D eigenvalue weighted by atomic mass is 35.5. The highest BCUT2D eigenvalue weighted by Gasteiger charge is 2.25. The van der Waals surface area contributed by atoms with Crippen LogP contribution in [0, 0.1) is 0 Å². The Kier molecular flexibility index (Phi) is 8.66. The number of thiophene rings is 1. The Morgan fingerprint density at radius 2 is 2.24 bits per heavy atom. The summed E-state index contributed by atoms with van der Waals surface area (Å²) in [4.78, 5) is 16.4. The van der Waals surface area contributed by atoms with Gasteiger partial charge in [-0.1, -0.05) is 0 Å². The van der Waals surface area contributed by atoms with Crippen molar-refractivity contribution in [3.63, 3.8) is 0 Å². The summed E-state index contributed by atoms with van der Waals surface area (Å²) in [6.07, 6.45) is 5.06. The first-order valence-corrected chi connectivity index (χ1v) is 9.09. The fourth-order valence-corrected chi connectivity index (χ4v) is 4.03. The molecule has 1 amide bonds. The molecule has 1 fully saturated rings. The van der Waals surface area contributed by atoms with Gasteiger partial charge in [0, 0.05) is 24.6 Å². The fraction of sp³-hybridized carbons (Fsp3) is 0.643. The molecular weight excluding hydrogens is 328 g/mol. The van der Waals surface area contributed by atoms with E-state index in [1.54, 1.807) is 11.8 Å². The third-order valence-corrected chi connectivity index (χ3v) is 5.29. The highest BCUT2D eigenvalue weighted by Crippen LogP contribution is 2.28. The molecular formula is C14H23ClN2O2S2. The van der Waals surface area contributed by atoms with E-state index < -0.39 is 0 Å². The van der Waals surface area contributed by atoms with Crippen LogP contribution in [-0.4, -0.2) is 49.4 Å². The Morgan fingerprint density at radius 3 is 2.86 bits per heavy atom. The van der Waals surface area contributed by atoms with Crippen LogP contribution in [0.25, 0.3) is 0 Å². The Hall–Kier alpha value is -0.270. The molecule has 1 aromatic rings. The molecule has 2 heterocycles. The number of piperidine rings is 1. The molecule has 0 bridgehead atoms. The smallest absolute Gasteiger partial charge is 0.265 e. The second-order valence-electron chi connectivity index (χ2n) is 4.82. The molecule has 1 aliphatic heterocycles. The molecule has 2 N–H and O–H groups in total. The zero-order chi connectivity index (χ0) is 14.4. The Bertz CT molecular complexity index is 434. The number of rotatable bonds is 6. The molecule has 21 heavy (non-hydrogen) atoms. The number of amides is 1. The van der Waals surface area contributed by atoms with Crippen LogP contribution in [0.15, 0.2) is 16.3 Å². The van der Waals surface area contributed by atoms with E-state index in [0.29, 0.717) is 6.54 Å². The largest absolute Gasteiger partial charge is 0.378 e. The van der Waals surface area contributed by atoms with Crippen molar-refractivity contribution < 1.29 is 9.53 Å². The summed E-state index contributed by atoms with van der Waals surface area (Å²) in [5, 5.41) is 1.99. The summed E-state index contributed by atoms with van der Waals surface area (Å²) < 4.78 is 5.77. The third kappa shape index (κ3) is 5.14. The average molecular weight is 351 g/mol. The summed E-state index contributed by atoms with van der Waals surface area (Å²) in [7, 11) is 0. The van der Waals surface area contributed by atoms with Crippen LogP contribution in [0.4, 0.5) is 0 Å². The Balaban J connectivity index is 0.00000220. The van der Waals surface area contributed by atoms with Gasteiger partial charge in [-0.15, -0.1) is 35.5 Å². The molecule has 1 saturated heterocycles. The monoisotopic (exact) mass is 350 g/mol. The van der Waals surface area contributed by atoms with E-state index in [0.717, 1.165) is 48.7 Å². The normalized spacial score (nSPS) is 15.8. The summed E-state index contributed by atoms with van der Waals surface area (Å²) >= 11 is 3.17. The second kappa shape index (κ2) is 9.69. The molecule has 0 atom stereocenters. The molecule has 2 rings (SSSR count). The van der Waals surface area contributed by atoms with E-state index >= 15 is 0 Å². The minimum absolute atomic E-state index is 0. The molecule has 0 unspecified atom stereocenters. The lowest BCUT2D eigenvalue weighted by Crippen LogP contribution is -2.40. The number of nitrogens with zero attached hydrogens (tertiary/aromatic N) is 1. The number of hydrogen-bond donors (Lipinski definition) is 1. The molecule has 0 radical (unpaired) electrons. The number of carbonyl (C=O) groups excluding carboxylic acids is 1. The minimum atomic E-state index is 0. The van der Waals surface area contributed by atoms with Crippen molar-refractivity contribution in [2.24, 2.45) is 5.73 Å². The van der Waals surface area contributed by atoms with Gasteiger partial charge in [0.15, 0.2) is 0 Å². The first kappa shape index (κ1) is 18.8. The molecule has 0 spiro atoms. The predicted octanol–water partition coefficient (Wildman–Crippen LogP) is 2.86. The molecule has 0 aromatic carbocycles. The maximum atomic E-state index is 12.5. The van der Waals surface area contributed by atoms with Gasteiger partial charge in [-0.05, 0) is 43.5 Å². The molecule has 1 aliphatic rings. The summed E-state index contributed by atoms with van der Waals surface area (Å²) in [5.41, 5.74) is 5.45. The van der Waals surface area contributed by atoms with Gasteiger partial charge < -0.3 is 15.4 Å². The number of carbonyl (C=O) groups is 1. The van der Waals surface area contributed by atoms with Crippen molar-refractivity contribution in [2.45, 2.75) is 30.3 Å². The number of hydrogen-bond acceptors (Lipinski definition) is 5. The summed E-state index contributed by atoms with van der Waals surface area (Å²) in [6, 6.07) is 2.02. The van der Waals surface area contributed by atoms with Crippen LogP contribution in [0.5, 0.6) is 0 Å². The lowest BCUT2D eigenvalue weighted by molar-refractivity contribution is 0.00850. The maximum Gasteiger partial charge on any atom is 0.265 e. The molecule has 120 valence electrons. The zero-order valence-electron chi connectivity index (χ0n) is 12.2. The Morgan fingerprint density at radius 1 is 1.52 bits per heavy atom. The summed E-state index contributed by atoms with van der Waals surface area (Å²) in [5.74, 6) is 0.171. The Labute approximate surface area is 140 Å². The van der Waals surface area contributed by atoms with Gasteiger partial charge in [-0.3, -0.25) is 4.79 Å². The van der Waals surface area contributed by atoms with Gasteiger partial charge in [0.25, 0.3) is 5.91 Å². The second-order valence-corrected chi connectivity index (χ2v) is 6.59. The topological polar surface area (TPSA) is 55.6 Å². The minimum Gasteiger partial charge on any atom is -0.378 e. The van der Waals surface area contributed by atoms with Crippen LogP contribution in [0.2, 0.25) is 0 Å². The SMILES string of the molecule is CSc1ccsc1C(=O)N1CCC(OCCCN)CC1.Cl. The van der Waals surface area contributed by atoms with Gasteiger partial charge in [0.2, 0.25) is 0 Å². The first-order valence-electron chi connectivity index (χ1n) is 6.98. The van der Waals surface area contributed by atoms with Crippen molar-refractivity contribution in [3.05, 3.63) is 16.3 Å². The third-order valence-electron chi connectivity index (χ3n) is 3.47. The highest BCUT2D eigenvalue weighted by molar-refractivity contribution is 7.98. The van der Waals surface area contributed by atoms with Gasteiger partial charge in [0.05, 0.1) is 6.10 Å². The van der Waals surface area contributed by atoms with Crippen molar-refractivity contribution in [3.8, 4) is 0 Å². The van der Waals surface area contributed by atoms with Crippen LogP contribution in [0.3, 0.4) is 0 Å². The number of halogens is 1. The lowest BCUT2D eigenvalue weighted by atomic mass is 10.1. The lowest BCUT2D eigenvalue weighted by Gasteiger charge is -2.31. The van der Waals surface area contributed by atoms with Crippen LogP contribution >= 0.6 is 35.5 Å². The first-order chi connectivity index (χ1) is 9.76. The van der Waals surface area contributed by atoms with Crippen LogP contribution < -0.4 is 5.73 Å². The van der Waals surface area contributed by atoms with Crippen LogP contribution in [0.1, 0.15) is 28.9 Å². The molecule has 7 heteroatoms. The van der Waals surface area contributed by atoms with Gasteiger partial charge in [0.1, 0.15) is 4.88 Å². The maximum absolute atomic E-state index is 12.5. The van der Waals surface area contributed by atoms with Crippen molar-refractivity contribution in [1.82, 2.24) is 4.90 Å². The quantitative estimate of drug-likeness (QED) is 0.633. The van der Waals surface area contributed by atoms with Gasteiger partial charge >= 0.3 is 0 Å². The van der Waals surface area contributed by atoms with E-state index in [1.165, 1.54) is 11.3 Å². The average Bonchev–Trinajstić information content (AvgIpc) is 2.96. The van der Waals surface area contributed by atoms with Crippen molar-refractivity contribution in [1.29, 1.82) is 0 Å². The van der Waals surface area contributed by atoms with E-state index in [9.17, 15) is 4.79 Å². The van der Waals surface area contributed by atoms with Crippen molar-refractivity contribution in [2.75, 3.05) is 32.5 Å². The number of ether oxygens (including phenoxy) is 1. The van der Waals surface area contributed by atoms with E-state index in [4.69, 9.17) is 10.5 Å². The van der Waals surface area contributed by atoms with Gasteiger partial charge in [-0.2, -0.15) is 0 Å². The molecule has 4 nitrogen and oxygen atoms in total. The molecule has 1 aromatic heterocycles. The molecule has 0 saturated carbocycles. The van der Waals surface area contributed by atoms with E-state index in [-0.39, 0.29) is 24.4 Å². The standard InChI is InChI=1S/C14H22N2O2S2.ClH/c1-19-12-5-10-20-13(12)14(17)16-7-3-11(4-8-16)18-9-2-6-15;/h5,10-11H,2-4,6-9,15H2,1H3;1H. The molecule has 0 aliphatic carbocycles.